The van der Waals surface area contributed by atoms with Gasteiger partial charge in [0.05, 0.1) is 5.69 Å². The van der Waals surface area contributed by atoms with Crippen molar-refractivity contribution in [2.24, 2.45) is 4.99 Å². The first kappa shape index (κ1) is 20.4. The first-order valence-corrected chi connectivity index (χ1v) is 7.38. The Morgan fingerprint density at radius 1 is 1.00 bits per heavy atom. The predicted octanol–water partition coefficient (Wildman–Crippen LogP) is 4.40. The third-order valence-corrected chi connectivity index (χ3v) is 3.04. The first-order chi connectivity index (χ1) is 11.7. The van der Waals surface area contributed by atoms with Gasteiger partial charge in [-0.3, -0.25) is 0 Å². The van der Waals surface area contributed by atoms with Gasteiger partial charge in [0.1, 0.15) is 5.69 Å². The molecule has 5 heteroatoms. The minimum Gasteiger partial charge on any atom is -0.477 e. The first-order valence-electron chi connectivity index (χ1n) is 7.38. The number of pyridine rings is 1. The van der Waals surface area contributed by atoms with Crippen LogP contribution >= 0.6 is 0 Å². The second-order valence-electron chi connectivity index (χ2n) is 4.83. The Kier molecular flexibility index (Phi) is 9.01. The zero-order valence-corrected chi connectivity index (χ0v) is 16.0. The van der Waals surface area contributed by atoms with Crippen LogP contribution in [0, 0.1) is 6.07 Å². The van der Waals surface area contributed by atoms with Gasteiger partial charge in [-0.05, 0) is 30.0 Å². The van der Waals surface area contributed by atoms with Crippen molar-refractivity contribution in [3.05, 3.63) is 96.3 Å². The number of aliphatic imine (C=N–C) groups is 1. The smallest absolute Gasteiger partial charge is 0.354 e. The standard InChI is InChI=1S/C14H12N.C6H5NO2.Ir/c1-12(13-8-4-2-5-9-13)15-14-10-6-3-7-11-14;8-6(9)5-3-1-2-4-7-5;/h2-8,10-11H,1H3;1-4H,(H,8,9);/q-1;;. The van der Waals surface area contributed by atoms with Gasteiger partial charge < -0.3 is 10.1 Å². The second-order valence-corrected chi connectivity index (χ2v) is 4.83. The van der Waals surface area contributed by atoms with E-state index in [0.717, 1.165) is 17.0 Å². The van der Waals surface area contributed by atoms with Gasteiger partial charge in [-0.25, -0.2) is 9.78 Å². The number of aromatic nitrogens is 1. The van der Waals surface area contributed by atoms with Gasteiger partial charge in [-0.15, -0.1) is 35.9 Å². The number of carboxylic acids is 1. The number of rotatable bonds is 3. The molecule has 0 saturated carbocycles. The zero-order valence-electron chi connectivity index (χ0n) is 13.6. The van der Waals surface area contributed by atoms with Crippen LogP contribution in [0.5, 0.6) is 0 Å². The maximum atomic E-state index is 10.1. The van der Waals surface area contributed by atoms with Crippen molar-refractivity contribution < 1.29 is 30.0 Å². The van der Waals surface area contributed by atoms with Gasteiger partial charge in [-0.2, -0.15) is 0 Å². The van der Waals surface area contributed by atoms with Crippen LogP contribution in [0.25, 0.3) is 0 Å². The average molecular weight is 510 g/mol. The molecule has 1 heterocycles. The molecule has 4 nitrogen and oxygen atoms in total. The predicted molar refractivity (Wildman–Crippen MR) is 94.8 cm³/mol. The Bertz CT molecular complexity index is 792. The Morgan fingerprint density at radius 2 is 1.68 bits per heavy atom. The van der Waals surface area contributed by atoms with E-state index in [0.29, 0.717) is 0 Å². The van der Waals surface area contributed by atoms with Gasteiger partial charge in [0.25, 0.3) is 0 Å². The van der Waals surface area contributed by atoms with Gasteiger partial charge in [0.2, 0.25) is 0 Å². The minimum atomic E-state index is -0.990. The average Bonchev–Trinajstić information content (AvgIpc) is 2.64. The van der Waals surface area contributed by atoms with Gasteiger partial charge >= 0.3 is 5.97 Å². The maximum Gasteiger partial charge on any atom is 0.354 e. The zero-order chi connectivity index (χ0) is 17.2. The molecule has 0 unspecified atom stereocenters. The summed E-state index contributed by atoms with van der Waals surface area (Å²) >= 11 is 0. The molecule has 2 aromatic carbocycles. The van der Waals surface area contributed by atoms with Gasteiger partial charge in [0.15, 0.2) is 0 Å². The Labute approximate surface area is 160 Å². The SMILES string of the molecule is CC(=Nc1ccccc1)c1[c-]cccc1.O=C(O)c1ccccn1.[Ir]. The summed E-state index contributed by atoms with van der Waals surface area (Å²) in [6, 6.07) is 25.7. The molecule has 0 fully saturated rings. The van der Waals surface area contributed by atoms with E-state index in [2.05, 4.69) is 16.0 Å². The second kappa shape index (κ2) is 11.0. The molecule has 0 aliphatic rings. The van der Waals surface area contributed by atoms with Crippen molar-refractivity contribution in [2.45, 2.75) is 6.92 Å². The van der Waals surface area contributed by atoms with E-state index >= 15 is 0 Å². The number of para-hydroxylation sites is 1. The number of benzene rings is 2. The van der Waals surface area contributed by atoms with Crippen LogP contribution in [0.1, 0.15) is 23.0 Å². The van der Waals surface area contributed by atoms with E-state index in [9.17, 15) is 4.79 Å². The summed E-state index contributed by atoms with van der Waals surface area (Å²) in [5.74, 6) is -0.990. The Hall–Kier alpha value is -2.62. The van der Waals surface area contributed by atoms with Crippen molar-refractivity contribution in [3.63, 3.8) is 0 Å². The van der Waals surface area contributed by atoms with Gasteiger partial charge in [-0.1, -0.05) is 31.2 Å². The van der Waals surface area contributed by atoms with Gasteiger partial charge in [0, 0.05) is 26.3 Å². The van der Waals surface area contributed by atoms with E-state index in [4.69, 9.17) is 5.11 Å². The summed E-state index contributed by atoms with van der Waals surface area (Å²) in [4.78, 5) is 18.2. The number of aromatic carboxylic acids is 1. The molecule has 3 aromatic rings. The summed E-state index contributed by atoms with van der Waals surface area (Å²) < 4.78 is 0. The quantitative estimate of drug-likeness (QED) is 0.421. The van der Waals surface area contributed by atoms with Crippen molar-refractivity contribution in [2.75, 3.05) is 0 Å². The van der Waals surface area contributed by atoms with E-state index < -0.39 is 5.97 Å². The molecule has 0 bridgehead atoms. The number of carbonyl (C=O) groups is 1. The van der Waals surface area contributed by atoms with Crippen molar-refractivity contribution in [3.8, 4) is 0 Å². The third kappa shape index (κ3) is 7.21. The molecule has 1 aromatic heterocycles. The molecule has 1 radical (unpaired) electrons. The minimum absolute atomic E-state index is 0. The molecule has 0 aliphatic carbocycles. The summed E-state index contributed by atoms with van der Waals surface area (Å²) in [5, 5.41) is 8.32. The number of hydrogen-bond acceptors (Lipinski definition) is 3. The molecule has 0 atom stereocenters. The fourth-order valence-corrected chi connectivity index (χ4v) is 1.86. The molecule has 25 heavy (non-hydrogen) atoms. The van der Waals surface area contributed by atoms with E-state index in [-0.39, 0.29) is 25.8 Å². The fourth-order valence-electron chi connectivity index (χ4n) is 1.86. The van der Waals surface area contributed by atoms with Crippen molar-refractivity contribution >= 4 is 17.4 Å². The van der Waals surface area contributed by atoms with Crippen LogP contribution in [0.4, 0.5) is 5.69 Å². The van der Waals surface area contributed by atoms with Crippen LogP contribution in [-0.2, 0) is 20.1 Å². The summed E-state index contributed by atoms with van der Waals surface area (Å²) in [5.41, 5.74) is 3.09. The molecule has 1 N–H and O–H groups in total. The normalized spacial score (nSPS) is 10.0. The van der Waals surface area contributed by atoms with Crippen LogP contribution in [0.3, 0.4) is 0 Å². The van der Waals surface area contributed by atoms with Crippen LogP contribution in [0.2, 0.25) is 0 Å². The van der Waals surface area contributed by atoms with E-state index in [1.165, 1.54) is 12.3 Å². The molecular formula is C20H17IrN2O2-. The topological polar surface area (TPSA) is 62.5 Å². The largest absolute Gasteiger partial charge is 0.477 e. The van der Waals surface area contributed by atoms with E-state index in [1.54, 1.807) is 12.1 Å². The third-order valence-electron chi connectivity index (χ3n) is 3.04. The Morgan fingerprint density at radius 3 is 2.20 bits per heavy atom. The summed E-state index contributed by atoms with van der Waals surface area (Å²) in [6.45, 7) is 2.00. The number of hydrogen-bond donors (Lipinski definition) is 1. The molecule has 129 valence electrons. The van der Waals surface area contributed by atoms with Crippen LogP contribution < -0.4 is 0 Å². The molecule has 0 saturated heterocycles. The molecular weight excluding hydrogens is 492 g/mol. The van der Waals surface area contributed by atoms with Crippen LogP contribution in [0.15, 0.2) is 84.0 Å². The molecule has 0 aliphatic heterocycles. The summed E-state index contributed by atoms with van der Waals surface area (Å²) in [7, 11) is 0. The number of carboxylic acid groups (broad SMARTS) is 1. The summed E-state index contributed by atoms with van der Waals surface area (Å²) in [6.07, 6.45) is 1.45. The number of nitrogens with zero attached hydrogens (tertiary/aromatic N) is 2. The van der Waals surface area contributed by atoms with Crippen molar-refractivity contribution in [1.29, 1.82) is 0 Å². The molecule has 0 amide bonds. The fraction of sp³-hybridized carbons (Fsp3) is 0.0500. The molecule has 0 spiro atoms. The van der Waals surface area contributed by atoms with E-state index in [1.807, 2.05) is 61.5 Å². The maximum absolute atomic E-state index is 10.1. The monoisotopic (exact) mass is 510 g/mol. The Balaban J connectivity index is 0.000000270. The van der Waals surface area contributed by atoms with Crippen molar-refractivity contribution in [1.82, 2.24) is 4.98 Å². The molecule has 3 rings (SSSR count). The van der Waals surface area contributed by atoms with Crippen LogP contribution in [-0.4, -0.2) is 21.8 Å².